The molecule has 4 rings (SSSR count). The maximum atomic E-state index is 12.9. The third-order valence-corrected chi connectivity index (χ3v) is 6.17. The molecule has 1 N–H and O–H groups in total. The minimum atomic E-state index is -0.156. The van der Waals surface area contributed by atoms with E-state index < -0.39 is 0 Å². The molecular formula is C27H34Cl2N4O2. The summed E-state index contributed by atoms with van der Waals surface area (Å²) in [6.07, 6.45) is 2.51. The molecule has 2 aromatic carbocycles. The quantitative estimate of drug-likeness (QED) is 0.367. The molecule has 1 fully saturated rings. The van der Waals surface area contributed by atoms with E-state index in [4.69, 9.17) is 16.3 Å². The van der Waals surface area contributed by atoms with Crippen molar-refractivity contribution in [2.24, 2.45) is 5.92 Å². The Balaban J connectivity index is 0.00000342. The molecule has 1 saturated heterocycles. The number of nitrogens with one attached hydrogen (secondary N) is 1. The molecule has 0 atom stereocenters. The molecule has 35 heavy (non-hydrogen) atoms. The van der Waals surface area contributed by atoms with Gasteiger partial charge in [0.05, 0.1) is 13.2 Å². The molecule has 1 aromatic heterocycles. The van der Waals surface area contributed by atoms with Crippen LogP contribution in [0.3, 0.4) is 0 Å². The molecule has 6 nitrogen and oxygen atoms in total. The summed E-state index contributed by atoms with van der Waals surface area (Å²) in [5, 5.41) is 8.22. The zero-order chi connectivity index (χ0) is 24.1. The van der Waals surface area contributed by atoms with Crippen LogP contribution in [0.5, 0.6) is 5.75 Å². The van der Waals surface area contributed by atoms with Gasteiger partial charge in [-0.15, -0.1) is 12.4 Å². The van der Waals surface area contributed by atoms with Crippen LogP contribution in [0.25, 0.3) is 0 Å². The first-order valence-corrected chi connectivity index (χ1v) is 12.3. The fourth-order valence-electron chi connectivity index (χ4n) is 4.16. The van der Waals surface area contributed by atoms with Gasteiger partial charge in [-0.1, -0.05) is 37.6 Å². The van der Waals surface area contributed by atoms with Gasteiger partial charge in [0.15, 0.2) is 5.82 Å². The SMILES string of the molecule is Cc1cc(NC(=O)c2cccc(CN3CCCC3)c2)nn1Cc1cc(Cl)ccc1OCC(C)C.Cl. The van der Waals surface area contributed by atoms with Crippen LogP contribution in [0.2, 0.25) is 5.02 Å². The van der Waals surface area contributed by atoms with Crippen molar-refractivity contribution in [3.8, 4) is 5.75 Å². The Bertz CT molecular complexity index is 1140. The van der Waals surface area contributed by atoms with Gasteiger partial charge >= 0.3 is 0 Å². The first-order chi connectivity index (χ1) is 16.4. The molecule has 0 spiro atoms. The number of benzene rings is 2. The second kappa shape index (κ2) is 12.4. The Morgan fingerprint density at radius 2 is 1.89 bits per heavy atom. The predicted octanol–water partition coefficient (Wildman–Crippen LogP) is 6.20. The number of aromatic nitrogens is 2. The van der Waals surface area contributed by atoms with Gasteiger partial charge in [-0.25, -0.2) is 0 Å². The van der Waals surface area contributed by atoms with E-state index in [9.17, 15) is 4.79 Å². The highest BCUT2D eigenvalue weighted by Crippen LogP contribution is 2.25. The van der Waals surface area contributed by atoms with E-state index in [2.05, 4.69) is 35.2 Å². The van der Waals surface area contributed by atoms with Crippen molar-refractivity contribution in [1.29, 1.82) is 0 Å². The fraction of sp³-hybridized carbons (Fsp3) is 0.407. The highest BCUT2D eigenvalue weighted by molar-refractivity contribution is 6.30. The Morgan fingerprint density at radius 3 is 2.63 bits per heavy atom. The average Bonchev–Trinajstić information content (AvgIpc) is 3.43. The lowest BCUT2D eigenvalue weighted by Gasteiger charge is -2.15. The number of aryl methyl sites for hydroxylation is 1. The fourth-order valence-corrected chi connectivity index (χ4v) is 4.35. The number of halogens is 2. The van der Waals surface area contributed by atoms with Crippen LogP contribution in [0, 0.1) is 12.8 Å². The van der Waals surface area contributed by atoms with Gasteiger partial charge in [-0.2, -0.15) is 5.10 Å². The highest BCUT2D eigenvalue weighted by atomic mass is 35.5. The lowest BCUT2D eigenvalue weighted by Crippen LogP contribution is -2.19. The molecule has 3 aromatic rings. The average molecular weight is 518 g/mol. The molecule has 0 saturated carbocycles. The Labute approximate surface area is 219 Å². The minimum absolute atomic E-state index is 0. The summed E-state index contributed by atoms with van der Waals surface area (Å²) in [5.41, 5.74) is 3.69. The summed E-state index contributed by atoms with van der Waals surface area (Å²) >= 11 is 6.25. The summed E-state index contributed by atoms with van der Waals surface area (Å²) < 4.78 is 7.84. The number of hydrogen-bond donors (Lipinski definition) is 1. The van der Waals surface area contributed by atoms with Crippen molar-refractivity contribution in [2.75, 3.05) is 25.0 Å². The lowest BCUT2D eigenvalue weighted by molar-refractivity contribution is 0.102. The van der Waals surface area contributed by atoms with Crippen LogP contribution < -0.4 is 10.1 Å². The summed E-state index contributed by atoms with van der Waals surface area (Å²) in [5.74, 6) is 1.59. The van der Waals surface area contributed by atoms with Gasteiger partial charge < -0.3 is 10.1 Å². The summed E-state index contributed by atoms with van der Waals surface area (Å²) in [4.78, 5) is 15.3. The molecule has 0 bridgehead atoms. The summed E-state index contributed by atoms with van der Waals surface area (Å²) in [6.45, 7) is 10.5. The molecule has 188 valence electrons. The summed E-state index contributed by atoms with van der Waals surface area (Å²) in [6, 6.07) is 15.4. The third-order valence-electron chi connectivity index (χ3n) is 5.93. The maximum absolute atomic E-state index is 12.9. The second-order valence-electron chi connectivity index (χ2n) is 9.42. The number of nitrogens with zero attached hydrogens (tertiary/aromatic N) is 3. The Kier molecular flexibility index (Phi) is 9.61. The number of ether oxygens (including phenoxy) is 1. The molecule has 0 radical (unpaired) electrons. The molecular weight excluding hydrogens is 483 g/mol. The van der Waals surface area contributed by atoms with Crippen LogP contribution in [0.1, 0.15) is 53.9 Å². The third kappa shape index (κ3) is 7.47. The molecule has 0 unspecified atom stereocenters. The van der Waals surface area contributed by atoms with Crippen molar-refractivity contribution in [3.05, 3.63) is 75.9 Å². The van der Waals surface area contributed by atoms with E-state index in [1.54, 1.807) is 0 Å². The smallest absolute Gasteiger partial charge is 0.256 e. The van der Waals surface area contributed by atoms with Gasteiger partial charge in [0.1, 0.15) is 5.75 Å². The number of rotatable bonds is 9. The van der Waals surface area contributed by atoms with Gasteiger partial charge in [0.25, 0.3) is 5.91 Å². The first kappa shape index (κ1) is 27.1. The molecule has 1 amide bonds. The van der Waals surface area contributed by atoms with Crippen molar-refractivity contribution >= 4 is 35.7 Å². The summed E-state index contributed by atoms with van der Waals surface area (Å²) in [7, 11) is 0. The normalized spacial score (nSPS) is 13.6. The predicted molar refractivity (Wildman–Crippen MR) is 144 cm³/mol. The minimum Gasteiger partial charge on any atom is -0.493 e. The molecule has 2 heterocycles. The van der Waals surface area contributed by atoms with Gasteiger partial charge in [-0.05, 0) is 74.7 Å². The van der Waals surface area contributed by atoms with Crippen LogP contribution in [-0.4, -0.2) is 40.3 Å². The van der Waals surface area contributed by atoms with Gasteiger partial charge in [0.2, 0.25) is 0 Å². The zero-order valence-electron chi connectivity index (χ0n) is 20.6. The number of anilines is 1. The number of likely N-dealkylation sites (tertiary alicyclic amines) is 1. The highest BCUT2D eigenvalue weighted by Gasteiger charge is 2.15. The molecule has 1 aliphatic heterocycles. The van der Waals surface area contributed by atoms with E-state index in [0.29, 0.717) is 35.5 Å². The number of carbonyl (C=O) groups excluding carboxylic acids is 1. The first-order valence-electron chi connectivity index (χ1n) is 12.0. The number of hydrogen-bond acceptors (Lipinski definition) is 4. The molecule has 8 heteroatoms. The van der Waals surface area contributed by atoms with Crippen LogP contribution in [-0.2, 0) is 13.1 Å². The zero-order valence-corrected chi connectivity index (χ0v) is 22.2. The van der Waals surface area contributed by atoms with Crippen molar-refractivity contribution in [1.82, 2.24) is 14.7 Å². The van der Waals surface area contributed by atoms with E-state index >= 15 is 0 Å². The van der Waals surface area contributed by atoms with E-state index in [1.165, 1.54) is 12.8 Å². The Morgan fingerprint density at radius 1 is 1.11 bits per heavy atom. The Hall–Kier alpha value is -2.54. The number of carbonyl (C=O) groups is 1. The van der Waals surface area contributed by atoms with Crippen molar-refractivity contribution in [3.63, 3.8) is 0 Å². The van der Waals surface area contributed by atoms with Crippen LogP contribution in [0.15, 0.2) is 48.5 Å². The largest absolute Gasteiger partial charge is 0.493 e. The van der Waals surface area contributed by atoms with E-state index in [-0.39, 0.29) is 18.3 Å². The molecule has 0 aliphatic carbocycles. The molecule has 1 aliphatic rings. The van der Waals surface area contributed by atoms with Gasteiger partial charge in [-0.3, -0.25) is 14.4 Å². The number of amides is 1. The van der Waals surface area contributed by atoms with E-state index in [1.807, 2.05) is 54.1 Å². The monoisotopic (exact) mass is 516 g/mol. The van der Waals surface area contributed by atoms with Gasteiger partial charge in [0, 0.05) is 34.5 Å². The van der Waals surface area contributed by atoms with Crippen molar-refractivity contribution < 1.29 is 9.53 Å². The van der Waals surface area contributed by atoms with Crippen molar-refractivity contribution in [2.45, 2.75) is 46.7 Å². The van der Waals surface area contributed by atoms with E-state index in [0.717, 1.165) is 42.2 Å². The van der Waals surface area contributed by atoms with Crippen LogP contribution >= 0.6 is 24.0 Å². The van der Waals surface area contributed by atoms with Crippen LogP contribution in [0.4, 0.5) is 5.82 Å². The second-order valence-corrected chi connectivity index (χ2v) is 9.86. The standard InChI is InChI=1S/C27H33ClN4O2.ClH/c1-19(2)18-34-25-10-9-24(28)15-23(25)17-32-20(3)13-26(30-32)29-27(33)22-8-6-7-21(14-22)16-31-11-4-5-12-31;/h6-10,13-15,19H,4-5,11-12,16-18H2,1-3H3,(H,29,30,33);1H. The maximum Gasteiger partial charge on any atom is 0.256 e. The lowest BCUT2D eigenvalue weighted by atomic mass is 10.1. The topological polar surface area (TPSA) is 59.4 Å².